The molecular weight excluding hydrogens is 278 g/mol. The van der Waals surface area contributed by atoms with Gasteiger partial charge < -0.3 is 14.2 Å². The van der Waals surface area contributed by atoms with Gasteiger partial charge in [0.2, 0.25) is 0 Å². The van der Waals surface area contributed by atoms with E-state index in [1.165, 1.54) is 5.57 Å². The van der Waals surface area contributed by atoms with Crippen LogP contribution in [0.4, 0.5) is 4.79 Å². The maximum absolute atomic E-state index is 12.1. The van der Waals surface area contributed by atoms with Crippen molar-refractivity contribution in [1.29, 1.82) is 0 Å². The Balaban J connectivity index is 1.55. The lowest BCUT2D eigenvalue weighted by Crippen LogP contribution is -2.35. The summed E-state index contributed by atoms with van der Waals surface area (Å²) < 4.78 is 7.35. The van der Waals surface area contributed by atoms with E-state index in [9.17, 15) is 4.79 Å². The van der Waals surface area contributed by atoms with Crippen LogP contribution in [0.3, 0.4) is 0 Å². The molecule has 1 aliphatic heterocycles. The zero-order valence-corrected chi connectivity index (χ0v) is 12.6. The number of rotatable bonds is 3. The van der Waals surface area contributed by atoms with E-state index in [1.54, 1.807) is 11.2 Å². The van der Waals surface area contributed by atoms with Crippen LogP contribution in [0.2, 0.25) is 0 Å². The first kappa shape index (κ1) is 14.4. The Morgan fingerprint density at radius 3 is 2.77 bits per heavy atom. The fourth-order valence-corrected chi connectivity index (χ4v) is 2.54. The third-order valence-corrected chi connectivity index (χ3v) is 3.82. The summed E-state index contributed by atoms with van der Waals surface area (Å²) in [6, 6.07) is 9.72. The number of aromatic nitrogens is 2. The molecule has 0 atom stereocenters. The van der Waals surface area contributed by atoms with Crippen LogP contribution >= 0.6 is 0 Å². The average molecular weight is 297 g/mol. The van der Waals surface area contributed by atoms with Crippen molar-refractivity contribution in [1.82, 2.24) is 14.5 Å². The molecule has 114 valence electrons. The summed E-state index contributed by atoms with van der Waals surface area (Å²) in [6.45, 7) is 1.56. The smallest absolute Gasteiger partial charge is 0.410 e. The van der Waals surface area contributed by atoms with Crippen LogP contribution in [0.5, 0.6) is 0 Å². The van der Waals surface area contributed by atoms with Gasteiger partial charge in [0.15, 0.2) is 0 Å². The minimum absolute atomic E-state index is 0.260. The highest BCUT2D eigenvalue weighted by molar-refractivity contribution is 5.71. The van der Waals surface area contributed by atoms with Gasteiger partial charge in [-0.1, -0.05) is 36.4 Å². The summed E-state index contributed by atoms with van der Waals surface area (Å²) in [7, 11) is 1.98. The Bertz CT molecular complexity index is 676. The molecule has 0 saturated heterocycles. The quantitative estimate of drug-likeness (QED) is 0.875. The molecule has 0 spiro atoms. The Morgan fingerprint density at radius 1 is 1.32 bits per heavy atom. The molecule has 1 aromatic heterocycles. The molecule has 22 heavy (non-hydrogen) atoms. The molecule has 0 saturated carbocycles. The molecule has 1 amide bonds. The molecule has 0 bridgehead atoms. The van der Waals surface area contributed by atoms with Gasteiger partial charge >= 0.3 is 6.09 Å². The maximum Gasteiger partial charge on any atom is 0.410 e. The monoisotopic (exact) mass is 297 g/mol. The second kappa shape index (κ2) is 6.47. The van der Waals surface area contributed by atoms with Crippen LogP contribution in [0.1, 0.15) is 17.7 Å². The van der Waals surface area contributed by atoms with Crippen LogP contribution in [0, 0.1) is 0 Å². The van der Waals surface area contributed by atoms with Crippen molar-refractivity contribution in [3.8, 4) is 0 Å². The van der Waals surface area contributed by atoms with Crippen LogP contribution < -0.4 is 0 Å². The molecule has 1 aromatic carbocycles. The second-order valence-electron chi connectivity index (χ2n) is 5.36. The number of imidazole rings is 1. The van der Waals surface area contributed by atoms with Gasteiger partial charge in [-0.05, 0) is 17.6 Å². The van der Waals surface area contributed by atoms with Gasteiger partial charge in [-0.25, -0.2) is 9.78 Å². The molecular formula is C17H19N3O2. The average Bonchev–Trinajstić information content (AvgIpc) is 3.00. The number of hydrogen-bond acceptors (Lipinski definition) is 3. The van der Waals surface area contributed by atoms with Crippen molar-refractivity contribution in [2.24, 2.45) is 7.05 Å². The molecule has 5 nitrogen and oxygen atoms in total. The van der Waals surface area contributed by atoms with Gasteiger partial charge in [0.05, 0.1) is 18.2 Å². The van der Waals surface area contributed by atoms with E-state index >= 15 is 0 Å². The summed E-state index contributed by atoms with van der Waals surface area (Å²) in [4.78, 5) is 17.9. The molecule has 2 aromatic rings. The molecule has 0 N–H and O–H groups in total. The van der Waals surface area contributed by atoms with E-state index in [1.807, 2.05) is 48.1 Å². The van der Waals surface area contributed by atoms with Crippen LogP contribution in [0.15, 0.2) is 48.9 Å². The maximum atomic E-state index is 12.1. The summed E-state index contributed by atoms with van der Waals surface area (Å²) in [5, 5.41) is 0. The van der Waals surface area contributed by atoms with Crippen LogP contribution in [-0.2, 0) is 18.4 Å². The van der Waals surface area contributed by atoms with Crippen molar-refractivity contribution in [3.63, 3.8) is 0 Å². The Hall–Kier alpha value is -2.56. The SMILES string of the molecule is Cn1cncc1C1=CCN(C(=O)OCc2ccccc2)CC1. The number of carbonyl (C=O) groups excluding carboxylic acids is 1. The number of amides is 1. The summed E-state index contributed by atoms with van der Waals surface area (Å²) in [5.41, 5.74) is 3.34. The zero-order valence-electron chi connectivity index (χ0n) is 12.6. The van der Waals surface area contributed by atoms with Gasteiger partial charge in [-0.2, -0.15) is 0 Å². The molecule has 0 fully saturated rings. The summed E-state index contributed by atoms with van der Waals surface area (Å²) in [6.07, 6.45) is 6.28. The zero-order chi connectivity index (χ0) is 15.4. The molecule has 0 aliphatic carbocycles. The first-order valence-corrected chi connectivity index (χ1v) is 7.35. The van der Waals surface area contributed by atoms with Crippen molar-refractivity contribution >= 4 is 11.7 Å². The highest BCUT2D eigenvalue weighted by atomic mass is 16.6. The first-order chi connectivity index (χ1) is 10.7. The van der Waals surface area contributed by atoms with Gasteiger partial charge in [-0.3, -0.25) is 0 Å². The highest BCUT2D eigenvalue weighted by Gasteiger charge is 2.20. The molecule has 0 radical (unpaired) electrons. The Morgan fingerprint density at radius 2 is 2.14 bits per heavy atom. The predicted octanol–water partition coefficient (Wildman–Crippen LogP) is 2.85. The molecule has 0 unspecified atom stereocenters. The van der Waals surface area contributed by atoms with Gasteiger partial charge in [0.25, 0.3) is 0 Å². The highest BCUT2D eigenvalue weighted by Crippen LogP contribution is 2.21. The van der Waals surface area contributed by atoms with E-state index in [4.69, 9.17) is 4.74 Å². The number of benzene rings is 1. The van der Waals surface area contributed by atoms with Crippen LogP contribution in [0.25, 0.3) is 5.57 Å². The third-order valence-electron chi connectivity index (χ3n) is 3.82. The van der Waals surface area contributed by atoms with Crippen molar-refractivity contribution in [2.45, 2.75) is 13.0 Å². The Kier molecular flexibility index (Phi) is 4.23. The number of nitrogens with zero attached hydrogens (tertiary/aromatic N) is 3. The van der Waals surface area contributed by atoms with Crippen molar-refractivity contribution in [2.75, 3.05) is 13.1 Å². The van der Waals surface area contributed by atoms with E-state index < -0.39 is 0 Å². The minimum atomic E-state index is -0.260. The minimum Gasteiger partial charge on any atom is -0.445 e. The predicted molar refractivity (Wildman–Crippen MR) is 84.0 cm³/mol. The van der Waals surface area contributed by atoms with E-state index in [0.717, 1.165) is 17.7 Å². The molecule has 1 aliphatic rings. The molecule has 5 heteroatoms. The van der Waals surface area contributed by atoms with Crippen LogP contribution in [-0.4, -0.2) is 33.6 Å². The largest absolute Gasteiger partial charge is 0.445 e. The normalized spacial score (nSPS) is 14.6. The van der Waals surface area contributed by atoms with Gasteiger partial charge in [-0.15, -0.1) is 0 Å². The fourth-order valence-electron chi connectivity index (χ4n) is 2.54. The van der Waals surface area contributed by atoms with Gasteiger partial charge in [0.1, 0.15) is 6.61 Å². The van der Waals surface area contributed by atoms with E-state index in [-0.39, 0.29) is 6.09 Å². The lowest BCUT2D eigenvalue weighted by atomic mass is 10.1. The van der Waals surface area contributed by atoms with E-state index in [0.29, 0.717) is 19.7 Å². The lowest BCUT2D eigenvalue weighted by molar-refractivity contribution is 0.0998. The first-order valence-electron chi connectivity index (χ1n) is 7.35. The van der Waals surface area contributed by atoms with Crippen molar-refractivity contribution in [3.05, 3.63) is 60.2 Å². The second-order valence-corrected chi connectivity index (χ2v) is 5.36. The van der Waals surface area contributed by atoms with Gasteiger partial charge in [0, 0.05) is 20.1 Å². The lowest BCUT2D eigenvalue weighted by Gasteiger charge is -2.25. The summed E-state index contributed by atoms with van der Waals surface area (Å²) >= 11 is 0. The van der Waals surface area contributed by atoms with E-state index in [2.05, 4.69) is 11.1 Å². The fraction of sp³-hybridized carbons (Fsp3) is 0.294. The number of ether oxygens (including phenoxy) is 1. The number of carbonyl (C=O) groups is 1. The summed E-state index contributed by atoms with van der Waals surface area (Å²) in [5.74, 6) is 0. The topological polar surface area (TPSA) is 47.4 Å². The molecule has 3 rings (SSSR count). The number of hydrogen-bond donors (Lipinski definition) is 0. The number of aryl methyl sites for hydroxylation is 1. The standard InChI is InChI=1S/C17H19N3O2/c1-19-13-18-11-16(19)15-7-9-20(10-8-15)17(21)22-12-14-5-3-2-4-6-14/h2-7,11,13H,8-10,12H2,1H3. The third kappa shape index (κ3) is 3.19. The molecule has 2 heterocycles. The Labute approximate surface area is 129 Å². The van der Waals surface area contributed by atoms with Crippen molar-refractivity contribution < 1.29 is 9.53 Å².